The van der Waals surface area contributed by atoms with Crippen molar-refractivity contribution >= 4 is 108 Å². The summed E-state index contributed by atoms with van der Waals surface area (Å²) in [5, 5.41) is 33.7. The van der Waals surface area contributed by atoms with Gasteiger partial charge in [0, 0.05) is 65.0 Å². The van der Waals surface area contributed by atoms with E-state index in [-0.39, 0.29) is 41.2 Å². The molecule has 1 aliphatic rings. The molecule has 6 aromatic carbocycles. The van der Waals surface area contributed by atoms with Crippen LogP contribution in [0.4, 0.5) is 39.5 Å². The van der Waals surface area contributed by atoms with Crippen LogP contribution >= 0.6 is 0 Å². The third-order valence-corrected chi connectivity index (χ3v) is 18.5. The summed E-state index contributed by atoms with van der Waals surface area (Å²) in [5.41, 5.74) is 5.38. The van der Waals surface area contributed by atoms with E-state index < -0.39 is 54.1 Å². The van der Waals surface area contributed by atoms with Gasteiger partial charge in [-0.1, -0.05) is 42.5 Å². The first-order valence-corrected chi connectivity index (χ1v) is 41.0. The molecular formula is C101H68F9N13O17. The largest absolute Gasteiger partial charge is 0.573 e. The van der Waals surface area contributed by atoms with Gasteiger partial charge in [0.1, 0.15) is 51.8 Å². The third kappa shape index (κ3) is 28.6. The lowest BCUT2D eigenvalue weighted by molar-refractivity contribution is -0.275. The maximum atomic E-state index is 12.5. The molecule has 0 N–H and O–H groups in total. The van der Waals surface area contributed by atoms with Crippen LogP contribution in [0.1, 0.15) is 136 Å². The van der Waals surface area contributed by atoms with Gasteiger partial charge in [0.15, 0.2) is 11.5 Å². The van der Waals surface area contributed by atoms with Crippen molar-refractivity contribution < 1.29 is 118 Å². The summed E-state index contributed by atoms with van der Waals surface area (Å²) in [6, 6.07) is 68.6. The maximum Gasteiger partial charge on any atom is 0.573 e. The van der Waals surface area contributed by atoms with E-state index in [1.807, 2.05) is 48.5 Å². The monoisotopic (exact) mass is 1910 g/mol. The zero-order valence-electron chi connectivity index (χ0n) is 72.0. The molecule has 0 aliphatic carbocycles. The number of rotatable bonds is 21. The number of aromatic nitrogens is 12. The molecule has 0 fully saturated rings. The number of halogens is 9. The second-order valence-corrected chi connectivity index (χ2v) is 28.4. The second kappa shape index (κ2) is 45.8. The number of benzene rings is 6. The number of carbonyl (C=O) groups excluding carboxylic acids is 6. The summed E-state index contributed by atoms with van der Waals surface area (Å²) < 4.78 is 170. The van der Waals surface area contributed by atoms with Crippen molar-refractivity contribution in [3.8, 4) is 34.8 Å². The molecule has 12 aromatic heterocycles. The Morgan fingerprint density at radius 2 is 0.593 bits per heavy atom. The number of nitrogens with zero attached hydrogens (tertiary/aromatic N) is 13. The van der Waals surface area contributed by atoms with Crippen molar-refractivity contribution in [2.24, 2.45) is 0 Å². The van der Waals surface area contributed by atoms with Gasteiger partial charge in [-0.25, -0.2) is 28.1 Å². The standard InChI is InChI=1S/3C17H11F3N2O3.C17H11N3O2.C17H12N2O4.C16H12N2O2/c18-17(19,20)25-15-4-1-3-12(11-15)16(23)22-9-8-13(21-22)6-7-14-5-2-10-24-14;18-17(19,20)25-15-6-3-12(4-7-15)16(23)22-10-9-13(21-22)5-8-14-2-1-11-24-14;18-17(19,20)25-15-6-2-1-5-14(15)16(23)22-10-9-12(21-22)7-8-13-4-3-11-24-13;18-12-13-3-1-4-14(11-13)17(21)20-9-8-15(19-20)6-7-16-5-2-10-22-16;20-17(12-3-6-15-16(10-12)23-11-22-15)19-8-7-13(18-19)4-5-14-2-1-9-21-14;19-16(13-5-2-1-3-6-13)18-11-10-14(17-18)8-9-15-7-4-12-20-15/h3*1-11H;1-11H;1-10H,11H2;1-12H/b7-6+;8-5+;8-7+;7-6+;5-4+;9-8+. The molecule has 13 heterocycles. The highest BCUT2D eigenvalue weighted by Crippen LogP contribution is 2.34. The highest BCUT2D eigenvalue weighted by atomic mass is 19.4. The fraction of sp³-hybridized carbons (Fsp3) is 0.0396. The summed E-state index contributed by atoms with van der Waals surface area (Å²) in [6.45, 7) is 0.177. The molecular weight excluding hydrogens is 1840 g/mol. The van der Waals surface area contributed by atoms with Gasteiger partial charge in [-0.2, -0.15) is 35.9 Å². The molecule has 702 valence electrons. The van der Waals surface area contributed by atoms with E-state index >= 15 is 0 Å². The topological polar surface area (TPSA) is 358 Å². The van der Waals surface area contributed by atoms with Crippen LogP contribution in [-0.2, 0) is 0 Å². The summed E-state index contributed by atoms with van der Waals surface area (Å²) in [7, 11) is 0. The van der Waals surface area contributed by atoms with Gasteiger partial charge < -0.3 is 50.2 Å². The highest BCUT2D eigenvalue weighted by Gasteiger charge is 2.35. The van der Waals surface area contributed by atoms with Crippen LogP contribution in [0.25, 0.3) is 72.9 Å². The number of furan rings is 6. The average molecular weight is 1910 g/mol. The van der Waals surface area contributed by atoms with Gasteiger partial charge in [0.25, 0.3) is 35.4 Å². The van der Waals surface area contributed by atoms with Crippen molar-refractivity contribution in [1.82, 2.24) is 58.7 Å². The smallest absolute Gasteiger partial charge is 0.465 e. The molecule has 1 aliphatic heterocycles. The SMILES string of the molecule is N#Cc1cccc(C(=O)n2ccc(/C=C/c3ccco3)n2)c1.O=C(c1ccc(OC(F)(F)F)cc1)n1ccc(/C=C/c2ccco2)n1.O=C(c1ccc2c(c1)OCO2)n1ccc(/C=C/c2ccco2)n1.O=C(c1cccc(OC(F)(F)F)c1)n1ccc(/C=C/c2ccco2)n1.O=C(c1ccccc1)n1ccc(/C=C/c2ccco2)n1.O=C(c1ccccc1OC(F)(F)F)n1ccc(/C=C/c2ccco2)n1. The normalized spacial score (nSPS) is 11.7. The lowest BCUT2D eigenvalue weighted by Gasteiger charge is -2.12. The number of para-hydroxylation sites is 1. The van der Waals surface area contributed by atoms with Crippen molar-refractivity contribution in [3.05, 3.63) is 437 Å². The molecule has 39 heteroatoms. The molecule has 30 nitrogen and oxygen atoms in total. The Morgan fingerprint density at radius 1 is 0.286 bits per heavy atom. The molecule has 0 bridgehead atoms. The minimum absolute atomic E-state index is 0.0198. The maximum absolute atomic E-state index is 12.5. The fourth-order valence-corrected chi connectivity index (χ4v) is 12.2. The van der Waals surface area contributed by atoms with E-state index in [1.54, 1.807) is 250 Å². The Bertz CT molecular complexity index is 7410. The van der Waals surface area contributed by atoms with Crippen LogP contribution in [0.2, 0.25) is 0 Å². The first kappa shape index (κ1) is 96.6. The average Bonchev–Trinajstić information content (AvgIpc) is 1.49. The van der Waals surface area contributed by atoms with Crippen LogP contribution in [0.3, 0.4) is 0 Å². The molecule has 0 saturated carbocycles. The fourth-order valence-electron chi connectivity index (χ4n) is 12.2. The zero-order chi connectivity index (χ0) is 98.4. The van der Waals surface area contributed by atoms with Crippen LogP contribution < -0.4 is 23.7 Å². The number of hydrogen-bond donors (Lipinski definition) is 0. The van der Waals surface area contributed by atoms with Gasteiger partial charge in [-0.3, -0.25) is 28.8 Å². The minimum atomic E-state index is -4.89. The quantitative estimate of drug-likeness (QED) is 0.0603. The van der Waals surface area contributed by atoms with E-state index in [4.69, 9.17) is 41.2 Å². The predicted molar refractivity (Wildman–Crippen MR) is 487 cm³/mol. The number of ether oxygens (including phenoxy) is 5. The van der Waals surface area contributed by atoms with E-state index in [0.717, 1.165) is 55.9 Å². The van der Waals surface area contributed by atoms with E-state index in [1.165, 1.54) is 93.9 Å². The highest BCUT2D eigenvalue weighted by molar-refractivity contribution is 6.00. The van der Waals surface area contributed by atoms with Crippen molar-refractivity contribution in [2.75, 3.05) is 6.79 Å². The molecule has 0 spiro atoms. The van der Waals surface area contributed by atoms with Gasteiger partial charge >= 0.3 is 19.1 Å². The predicted octanol–water partition coefficient (Wildman–Crippen LogP) is 22.3. The molecule has 0 radical (unpaired) electrons. The summed E-state index contributed by atoms with van der Waals surface area (Å²) in [6.07, 6.45) is 24.6. The van der Waals surface area contributed by atoms with E-state index in [0.29, 0.717) is 91.0 Å². The number of carbonyl (C=O) groups is 6. The first-order valence-electron chi connectivity index (χ1n) is 41.0. The van der Waals surface area contributed by atoms with E-state index in [2.05, 4.69) is 44.8 Å². The zero-order valence-corrected chi connectivity index (χ0v) is 72.0. The minimum Gasteiger partial charge on any atom is -0.465 e. The van der Waals surface area contributed by atoms with Crippen LogP contribution in [-0.4, -0.2) is 120 Å². The van der Waals surface area contributed by atoms with Gasteiger partial charge in [-0.15, -0.1) is 39.5 Å². The molecule has 140 heavy (non-hydrogen) atoms. The molecule has 0 atom stereocenters. The van der Waals surface area contributed by atoms with Gasteiger partial charge in [0.05, 0.1) is 88.9 Å². The van der Waals surface area contributed by atoms with Gasteiger partial charge in [-0.05, 0) is 285 Å². The molecule has 0 amide bonds. The molecule has 19 rings (SSSR count). The lowest BCUT2D eigenvalue weighted by Crippen LogP contribution is -2.21. The number of alkyl halides is 9. The van der Waals surface area contributed by atoms with Gasteiger partial charge in [0.2, 0.25) is 6.79 Å². The number of fused-ring (bicyclic) bond motifs is 1. The third-order valence-electron chi connectivity index (χ3n) is 18.5. The van der Waals surface area contributed by atoms with Crippen molar-refractivity contribution in [2.45, 2.75) is 19.1 Å². The summed E-state index contributed by atoms with van der Waals surface area (Å²) in [4.78, 5) is 73.9. The summed E-state index contributed by atoms with van der Waals surface area (Å²) in [5.74, 6) is 1.35. The molecule has 18 aromatic rings. The Morgan fingerprint density at radius 3 is 0.957 bits per heavy atom. The van der Waals surface area contributed by atoms with Crippen LogP contribution in [0, 0.1) is 11.3 Å². The van der Waals surface area contributed by atoms with E-state index in [9.17, 15) is 68.3 Å². The molecule has 0 saturated heterocycles. The second-order valence-electron chi connectivity index (χ2n) is 28.4. The molecule has 0 unspecified atom stereocenters. The first-order chi connectivity index (χ1) is 67.6. The number of hydrogen-bond acceptors (Lipinski definition) is 24. The Kier molecular flexibility index (Phi) is 31.6. The Labute approximate surface area is 785 Å². The lowest BCUT2D eigenvalue weighted by atomic mass is 10.1. The van der Waals surface area contributed by atoms with Crippen molar-refractivity contribution in [1.29, 1.82) is 5.26 Å². The van der Waals surface area contributed by atoms with Crippen LogP contribution in [0.15, 0.2) is 356 Å². The van der Waals surface area contributed by atoms with Crippen LogP contribution in [0.5, 0.6) is 28.7 Å². The Hall–Kier alpha value is -19.4. The van der Waals surface area contributed by atoms with Crippen molar-refractivity contribution in [3.63, 3.8) is 0 Å². The number of nitriles is 1. The Balaban J connectivity index is 0.000000134. The summed E-state index contributed by atoms with van der Waals surface area (Å²) >= 11 is 0.